The van der Waals surface area contributed by atoms with E-state index in [1.807, 2.05) is 12.1 Å². The maximum atomic E-state index is 13.1. The standard InChI is InChI=1S/C17H19N2O5/c1-16(23)11-9-14(21)18(19(16,2)3)17(15(11)22)13(20)8-10-6-4-5-7-12(10)24-17/h4-7,9,13,20,23H,8H2,1-3H3/q+1. The summed E-state index contributed by atoms with van der Waals surface area (Å²) in [6, 6.07) is 7.10. The van der Waals surface area contributed by atoms with Crippen molar-refractivity contribution in [3.05, 3.63) is 41.5 Å². The number of para-hydroxylation sites is 1. The molecule has 1 fully saturated rings. The van der Waals surface area contributed by atoms with Crippen LogP contribution in [0.15, 0.2) is 35.9 Å². The van der Waals surface area contributed by atoms with Crippen molar-refractivity contribution in [2.75, 3.05) is 14.1 Å². The number of hydrogen-bond donors (Lipinski definition) is 2. The normalized spacial score (nSPS) is 36.5. The molecule has 1 amide bonds. The topological polar surface area (TPSA) is 87.1 Å². The molecule has 4 aliphatic rings. The molecule has 126 valence electrons. The van der Waals surface area contributed by atoms with E-state index in [2.05, 4.69) is 0 Å². The Morgan fingerprint density at radius 3 is 2.67 bits per heavy atom. The highest BCUT2D eigenvalue weighted by atomic mass is 16.6. The first-order chi connectivity index (χ1) is 11.1. The van der Waals surface area contributed by atoms with Crippen molar-refractivity contribution in [3.8, 4) is 5.75 Å². The number of nitrogens with zero attached hydrogens (tertiary/aromatic N) is 2. The Balaban J connectivity index is 1.96. The van der Waals surface area contributed by atoms with Crippen molar-refractivity contribution >= 4 is 11.7 Å². The number of ketones is 1. The molecule has 4 heterocycles. The molecule has 5 rings (SSSR count). The van der Waals surface area contributed by atoms with Gasteiger partial charge >= 0.3 is 5.72 Å². The number of hydrogen-bond acceptors (Lipinski definition) is 5. The number of carbonyl (C=O) groups excluding carboxylic acids is 2. The third-order valence-electron chi connectivity index (χ3n) is 5.54. The van der Waals surface area contributed by atoms with Crippen molar-refractivity contribution in [2.45, 2.75) is 30.9 Å². The number of likely N-dealkylation sites (N-methyl/N-ethyl adjacent to an activating group) is 1. The molecule has 1 aromatic rings. The van der Waals surface area contributed by atoms with Crippen LogP contribution in [0.1, 0.15) is 12.5 Å². The van der Waals surface area contributed by atoms with Crippen LogP contribution >= 0.6 is 0 Å². The van der Waals surface area contributed by atoms with E-state index < -0.39 is 29.2 Å². The van der Waals surface area contributed by atoms with Crippen molar-refractivity contribution in [1.82, 2.24) is 5.01 Å². The van der Waals surface area contributed by atoms with Crippen LogP contribution in [-0.4, -0.2) is 63.2 Å². The van der Waals surface area contributed by atoms with Crippen molar-refractivity contribution in [1.29, 1.82) is 0 Å². The smallest absolute Gasteiger partial charge is 0.318 e. The average molecular weight is 331 g/mol. The van der Waals surface area contributed by atoms with E-state index in [9.17, 15) is 19.8 Å². The summed E-state index contributed by atoms with van der Waals surface area (Å²) in [5, 5.41) is 22.8. The summed E-state index contributed by atoms with van der Waals surface area (Å²) < 4.78 is 5.63. The van der Waals surface area contributed by atoms with E-state index in [0.717, 1.165) is 16.6 Å². The van der Waals surface area contributed by atoms with Gasteiger partial charge < -0.3 is 14.9 Å². The Bertz CT molecular complexity index is 813. The third-order valence-corrected chi connectivity index (χ3v) is 5.54. The molecule has 24 heavy (non-hydrogen) atoms. The number of quaternary nitrogens is 1. The molecule has 0 saturated carbocycles. The number of aliphatic hydroxyl groups excluding tert-OH is 1. The number of rotatable bonds is 0. The maximum Gasteiger partial charge on any atom is 0.318 e. The van der Waals surface area contributed by atoms with Gasteiger partial charge in [0.1, 0.15) is 11.9 Å². The summed E-state index contributed by atoms with van der Waals surface area (Å²) in [5.41, 5.74) is -2.72. The molecule has 1 spiro atoms. The Hall–Kier alpha value is -2.22. The fourth-order valence-corrected chi connectivity index (χ4v) is 3.90. The van der Waals surface area contributed by atoms with E-state index in [1.54, 1.807) is 26.2 Å². The molecule has 0 aliphatic carbocycles. The Morgan fingerprint density at radius 1 is 1.29 bits per heavy atom. The van der Waals surface area contributed by atoms with E-state index in [4.69, 9.17) is 4.74 Å². The highest BCUT2D eigenvalue weighted by molar-refractivity contribution is 6.14. The molecule has 7 nitrogen and oxygen atoms in total. The van der Waals surface area contributed by atoms with Crippen LogP contribution in [0, 0.1) is 0 Å². The second kappa shape index (κ2) is 4.24. The van der Waals surface area contributed by atoms with Gasteiger partial charge in [-0.15, -0.1) is 5.01 Å². The molecular weight excluding hydrogens is 312 g/mol. The number of aliphatic hydroxyl groups is 2. The monoisotopic (exact) mass is 331 g/mol. The van der Waals surface area contributed by atoms with Crippen molar-refractivity contribution < 1.29 is 29.1 Å². The average Bonchev–Trinajstić information content (AvgIpc) is 2.50. The number of benzene rings is 1. The van der Waals surface area contributed by atoms with Gasteiger partial charge in [0, 0.05) is 19.4 Å². The third kappa shape index (κ3) is 1.47. The number of fused-ring (bicyclic) bond motifs is 3. The van der Waals surface area contributed by atoms with Crippen molar-refractivity contribution in [2.24, 2.45) is 0 Å². The van der Waals surface area contributed by atoms with Gasteiger partial charge in [-0.25, -0.2) is 0 Å². The first-order valence-electron chi connectivity index (χ1n) is 7.77. The predicted molar refractivity (Wildman–Crippen MR) is 82.2 cm³/mol. The van der Waals surface area contributed by atoms with Gasteiger partial charge in [-0.2, -0.15) is 4.59 Å². The molecule has 0 aromatic heterocycles. The molecule has 0 radical (unpaired) electrons. The van der Waals surface area contributed by atoms with E-state index in [-0.39, 0.29) is 16.6 Å². The molecule has 2 bridgehead atoms. The molecule has 1 saturated heterocycles. The lowest BCUT2D eigenvalue weighted by Crippen LogP contribution is -2.87. The minimum atomic E-state index is -1.86. The second-order valence-electron chi connectivity index (χ2n) is 7.08. The maximum absolute atomic E-state index is 13.1. The van der Waals surface area contributed by atoms with Crippen LogP contribution in [-0.2, 0) is 16.0 Å². The van der Waals surface area contributed by atoms with E-state index in [1.165, 1.54) is 6.92 Å². The highest BCUT2D eigenvalue weighted by Crippen LogP contribution is 2.49. The zero-order valence-corrected chi connectivity index (χ0v) is 13.7. The summed E-state index contributed by atoms with van der Waals surface area (Å²) in [6.07, 6.45) is 0.0791. The summed E-state index contributed by atoms with van der Waals surface area (Å²) in [6.45, 7) is 1.48. The van der Waals surface area contributed by atoms with Gasteiger partial charge in [0.2, 0.25) is 5.78 Å². The second-order valence-corrected chi connectivity index (χ2v) is 7.08. The quantitative estimate of drug-likeness (QED) is 0.639. The minimum absolute atomic E-state index is 0.0431. The van der Waals surface area contributed by atoms with Crippen LogP contribution in [0.25, 0.3) is 0 Å². The molecule has 7 heteroatoms. The number of Topliss-reactive ketones (excluding diaryl/α,β-unsaturated/α-hetero) is 1. The Labute approximate surface area is 138 Å². The van der Waals surface area contributed by atoms with Gasteiger partial charge in [0.05, 0.1) is 19.7 Å². The predicted octanol–water partition coefficient (Wildman–Crippen LogP) is -0.270. The first kappa shape index (κ1) is 15.3. The minimum Gasteiger partial charge on any atom is -0.453 e. The number of amides is 1. The fraction of sp³-hybridized carbons (Fsp3) is 0.412. The summed E-state index contributed by atoms with van der Waals surface area (Å²) in [4.78, 5) is 25.7. The molecule has 3 atom stereocenters. The zero-order valence-electron chi connectivity index (χ0n) is 13.7. The number of ether oxygens (including phenoxy) is 1. The van der Waals surface area contributed by atoms with Crippen LogP contribution in [0.3, 0.4) is 0 Å². The van der Waals surface area contributed by atoms with Crippen LogP contribution in [0.4, 0.5) is 0 Å². The van der Waals surface area contributed by atoms with Gasteiger partial charge in [-0.3, -0.25) is 9.59 Å². The van der Waals surface area contributed by atoms with Gasteiger partial charge in [-0.1, -0.05) is 18.2 Å². The molecule has 2 N–H and O–H groups in total. The SMILES string of the molecule is CC1(O)C2=CC(=O)N(C3(Oc4ccccc4CC3O)C2=O)[N+]1(C)C. The van der Waals surface area contributed by atoms with Crippen molar-refractivity contribution in [3.63, 3.8) is 0 Å². The zero-order chi connectivity index (χ0) is 17.5. The van der Waals surface area contributed by atoms with Crippen LogP contribution in [0.2, 0.25) is 0 Å². The van der Waals surface area contributed by atoms with E-state index in [0.29, 0.717) is 5.75 Å². The van der Waals surface area contributed by atoms with E-state index >= 15 is 0 Å². The Kier molecular flexibility index (Phi) is 2.71. The summed E-state index contributed by atoms with van der Waals surface area (Å²) in [5.74, 6) is -0.595. The largest absolute Gasteiger partial charge is 0.453 e. The highest BCUT2D eigenvalue weighted by Gasteiger charge is 2.75. The molecule has 4 aliphatic heterocycles. The van der Waals surface area contributed by atoms with Gasteiger partial charge in [0.25, 0.3) is 11.6 Å². The first-order valence-corrected chi connectivity index (χ1v) is 7.77. The summed E-state index contributed by atoms with van der Waals surface area (Å²) >= 11 is 0. The lowest BCUT2D eigenvalue weighted by molar-refractivity contribution is -1.06. The summed E-state index contributed by atoms with van der Waals surface area (Å²) in [7, 11) is 3.21. The molecule has 1 aromatic carbocycles. The molecule has 3 unspecified atom stereocenters. The van der Waals surface area contributed by atoms with Crippen LogP contribution in [0.5, 0.6) is 5.75 Å². The lowest BCUT2D eigenvalue weighted by atomic mass is 9.78. The van der Waals surface area contributed by atoms with Gasteiger partial charge in [0.15, 0.2) is 0 Å². The fourth-order valence-electron chi connectivity index (χ4n) is 3.90. The Morgan fingerprint density at radius 2 is 1.96 bits per heavy atom. The number of carbonyl (C=O) groups is 2. The van der Waals surface area contributed by atoms with Gasteiger partial charge in [-0.05, 0) is 11.6 Å². The molecular formula is C17H19N2O5+. The lowest BCUT2D eigenvalue weighted by Gasteiger charge is -2.61. The van der Waals surface area contributed by atoms with Crippen LogP contribution < -0.4 is 4.74 Å².